The second-order valence-electron chi connectivity index (χ2n) is 7.18. The van der Waals surface area contributed by atoms with Crippen LogP contribution in [0.25, 0.3) is 0 Å². The van der Waals surface area contributed by atoms with Crippen LogP contribution in [-0.4, -0.2) is 34.8 Å². The monoisotopic (exact) mass is 323 g/mol. The Hall–Kier alpha value is -1.32. The minimum absolute atomic E-state index is 0.00804. The van der Waals surface area contributed by atoms with E-state index >= 15 is 0 Å². The van der Waals surface area contributed by atoms with Crippen LogP contribution in [0.4, 0.5) is 0 Å². The summed E-state index contributed by atoms with van der Waals surface area (Å²) in [6.07, 6.45) is 9.74. The number of rotatable bonds is 11. The molecule has 0 radical (unpaired) electrons. The maximum atomic E-state index is 12.1. The summed E-state index contributed by atoms with van der Waals surface area (Å²) in [4.78, 5) is 25.5. The van der Waals surface area contributed by atoms with Gasteiger partial charge in [-0.1, -0.05) is 58.8 Å². The molecule has 0 aromatic carbocycles. The van der Waals surface area contributed by atoms with Crippen LogP contribution in [0.5, 0.6) is 0 Å². The van der Waals surface area contributed by atoms with Gasteiger partial charge in [0, 0.05) is 13.5 Å². The molecule has 0 saturated heterocycles. The first kappa shape index (κ1) is 19.7. The van der Waals surface area contributed by atoms with E-state index in [1.54, 1.807) is 14.0 Å². The number of amides is 1. The number of unbranched alkanes of at least 4 members (excludes halogenated alkanes) is 6. The summed E-state index contributed by atoms with van der Waals surface area (Å²) in [5, 5.41) is 9.93. The molecule has 0 aromatic heterocycles. The van der Waals surface area contributed by atoms with Gasteiger partial charge in [-0.2, -0.15) is 0 Å². The maximum absolute atomic E-state index is 12.1. The van der Waals surface area contributed by atoms with Crippen molar-refractivity contribution in [1.82, 2.24) is 4.90 Å². The van der Waals surface area contributed by atoms with Gasteiger partial charge in [0.05, 0.1) is 6.04 Å². The second-order valence-corrected chi connectivity index (χ2v) is 7.18. The van der Waals surface area contributed by atoms with Crippen LogP contribution in [0.15, 0.2) is 11.3 Å². The molecule has 0 aromatic rings. The number of aliphatic hydroxyl groups excluding tert-OH is 1. The van der Waals surface area contributed by atoms with E-state index in [4.69, 9.17) is 0 Å². The first-order chi connectivity index (χ1) is 10.9. The SMILES string of the molecule is CC(C)CCCCCCCCCC(=O)C1=C(O)C(C)N(C)C1=O. The number of ketones is 1. The fourth-order valence-corrected chi connectivity index (χ4v) is 2.96. The summed E-state index contributed by atoms with van der Waals surface area (Å²) in [6.45, 7) is 6.25. The number of carbonyl (C=O) groups is 2. The highest BCUT2D eigenvalue weighted by Gasteiger charge is 2.37. The Morgan fingerprint density at radius 1 is 1.09 bits per heavy atom. The number of aliphatic hydroxyl groups is 1. The molecule has 0 aliphatic carbocycles. The molecule has 23 heavy (non-hydrogen) atoms. The molecule has 1 unspecified atom stereocenters. The summed E-state index contributed by atoms with van der Waals surface area (Å²) in [7, 11) is 1.61. The van der Waals surface area contributed by atoms with E-state index in [-0.39, 0.29) is 29.1 Å². The van der Waals surface area contributed by atoms with Crippen LogP contribution in [-0.2, 0) is 9.59 Å². The maximum Gasteiger partial charge on any atom is 0.261 e. The molecule has 132 valence electrons. The van der Waals surface area contributed by atoms with E-state index in [1.807, 2.05) is 0 Å². The first-order valence-electron chi connectivity index (χ1n) is 9.09. The molecule has 1 amide bonds. The van der Waals surface area contributed by atoms with Crippen molar-refractivity contribution >= 4 is 11.7 Å². The molecule has 1 aliphatic rings. The third kappa shape index (κ3) is 6.00. The number of Topliss-reactive ketones (excluding diaryl/α,β-unsaturated/α-hetero) is 1. The second kappa shape index (κ2) is 9.74. The summed E-state index contributed by atoms with van der Waals surface area (Å²) in [6, 6.07) is -0.382. The predicted molar refractivity (Wildman–Crippen MR) is 93.3 cm³/mol. The highest BCUT2D eigenvalue weighted by molar-refractivity contribution is 6.21. The summed E-state index contributed by atoms with van der Waals surface area (Å²) < 4.78 is 0. The van der Waals surface area contributed by atoms with Crippen molar-refractivity contribution < 1.29 is 14.7 Å². The zero-order valence-electron chi connectivity index (χ0n) is 15.2. The van der Waals surface area contributed by atoms with Crippen LogP contribution in [0.1, 0.15) is 78.6 Å². The fourth-order valence-electron chi connectivity index (χ4n) is 2.96. The van der Waals surface area contributed by atoms with E-state index in [0.29, 0.717) is 6.42 Å². The lowest BCUT2D eigenvalue weighted by Gasteiger charge is -2.14. The molecule has 4 nitrogen and oxygen atoms in total. The Kier molecular flexibility index (Phi) is 8.35. The van der Waals surface area contributed by atoms with Gasteiger partial charge < -0.3 is 10.0 Å². The van der Waals surface area contributed by atoms with Crippen LogP contribution in [0, 0.1) is 5.92 Å². The minimum Gasteiger partial charge on any atom is -0.509 e. The highest BCUT2D eigenvalue weighted by atomic mass is 16.3. The normalized spacial score (nSPS) is 18.4. The number of nitrogens with zero attached hydrogens (tertiary/aromatic N) is 1. The standard InChI is InChI=1S/C19H33NO3/c1-14(2)12-10-8-6-5-7-9-11-13-16(21)17-18(22)15(3)20(4)19(17)23/h14-15,22H,5-13H2,1-4H3. The molecule has 1 atom stereocenters. The summed E-state index contributed by atoms with van der Waals surface area (Å²) in [5.41, 5.74) is 0.00804. The van der Waals surface area contributed by atoms with E-state index in [9.17, 15) is 14.7 Å². The van der Waals surface area contributed by atoms with Crippen molar-refractivity contribution in [1.29, 1.82) is 0 Å². The number of carbonyl (C=O) groups excluding carboxylic acids is 2. The fraction of sp³-hybridized carbons (Fsp3) is 0.789. The highest BCUT2D eigenvalue weighted by Crippen LogP contribution is 2.24. The zero-order chi connectivity index (χ0) is 17.4. The smallest absolute Gasteiger partial charge is 0.261 e. The lowest BCUT2D eigenvalue weighted by molar-refractivity contribution is -0.128. The lowest BCUT2D eigenvalue weighted by atomic mass is 10.0. The number of likely N-dealkylation sites (N-methyl/N-ethyl adjacent to an activating group) is 1. The number of hydrogen-bond acceptors (Lipinski definition) is 3. The average Bonchev–Trinajstić information content (AvgIpc) is 2.69. The molecule has 4 heteroatoms. The van der Waals surface area contributed by atoms with E-state index in [1.165, 1.54) is 37.0 Å². The Balaban J connectivity index is 2.15. The Bertz CT molecular complexity index is 440. The van der Waals surface area contributed by atoms with Crippen LogP contribution >= 0.6 is 0 Å². The molecule has 0 spiro atoms. The third-order valence-electron chi connectivity index (χ3n) is 4.73. The molecule has 1 N–H and O–H groups in total. The minimum atomic E-state index is -0.382. The molecular weight excluding hydrogens is 290 g/mol. The average molecular weight is 323 g/mol. The van der Waals surface area contributed by atoms with Crippen molar-refractivity contribution in [3.63, 3.8) is 0 Å². The van der Waals surface area contributed by atoms with E-state index in [2.05, 4.69) is 13.8 Å². The molecule has 1 rings (SSSR count). The van der Waals surface area contributed by atoms with Gasteiger partial charge in [0.25, 0.3) is 5.91 Å². The van der Waals surface area contributed by atoms with E-state index < -0.39 is 0 Å². The molecule has 0 saturated carbocycles. The van der Waals surface area contributed by atoms with Crippen molar-refractivity contribution in [2.75, 3.05) is 7.05 Å². The van der Waals surface area contributed by atoms with Gasteiger partial charge in [0.15, 0.2) is 5.78 Å². The molecule has 0 fully saturated rings. The van der Waals surface area contributed by atoms with Gasteiger partial charge in [-0.05, 0) is 19.3 Å². The molecule has 1 aliphatic heterocycles. The van der Waals surface area contributed by atoms with Crippen molar-refractivity contribution in [3.8, 4) is 0 Å². The van der Waals surface area contributed by atoms with Gasteiger partial charge in [-0.3, -0.25) is 9.59 Å². The molecular formula is C19H33NO3. The van der Waals surface area contributed by atoms with Crippen LogP contribution in [0.2, 0.25) is 0 Å². The number of hydrogen-bond donors (Lipinski definition) is 1. The quantitative estimate of drug-likeness (QED) is 0.453. The van der Waals surface area contributed by atoms with Crippen molar-refractivity contribution in [3.05, 3.63) is 11.3 Å². The van der Waals surface area contributed by atoms with E-state index in [0.717, 1.165) is 25.2 Å². The van der Waals surface area contributed by atoms with Gasteiger partial charge in [-0.25, -0.2) is 0 Å². The van der Waals surface area contributed by atoms with Gasteiger partial charge in [-0.15, -0.1) is 0 Å². The first-order valence-corrected chi connectivity index (χ1v) is 9.09. The molecule has 1 heterocycles. The van der Waals surface area contributed by atoms with Crippen molar-refractivity contribution in [2.45, 2.75) is 84.6 Å². The summed E-state index contributed by atoms with van der Waals surface area (Å²) in [5.74, 6) is 0.185. The Labute approximate surface area is 140 Å². The van der Waals surface area contributed by atoms with Crippen LogP contribution in [0.3, 0.4) is 0 Å². The topological polar surface area (TPSA) is 57.6 Å². The van der Waals surface area contributed by atoms with Gasteiger partial charge in [0.1, 0.15) is 11.3 Å². The Morgan fingerprint density at radius 3 is 2.09 bits per heavy atom. The third-order valence-corrected chi connectivity index (χ3v) is 4.73. The molecule has 0 bridgehead atoms. The van der Waals surface area contributed by atoms with Crippen LogP contribution < -0.4 is 0 Å². The predicted octanol–water partition coefficient (Wildman–Crippen LogP) is 4.40. The summed E-state index contributed by atoms with van der Waals surface area (Å²) >= 11 is 0. The largest absolute Gasteiger partial charge is 0.509 e. The van der Waals surface area contributed by atoms with Gasteiger partial charge >= 0.3 is 0 Å². The Morgan fingerprint density at radius 2 is 1.61 bits per heavy atom. The van der Waals surface area contributed by atoms with Crippen molar-refractivity contribution in [2.24, 2.45) is 5.92 Å². The lowest BCUT2D eigenvalue weighted by Crippen LogP contribution is -2.30. The zero-order valence-corrected chi connectivity index (χ0v) is 15.2. The van der Waals surface area contributed by atoms with Gasteiger partial charge in [0.2, 0.25) is 0 Å².